The van der Waals surface area contributed by atoms with Gasteiger partial charge in [-0.3, -0.25) is 9.98 Å². The highest BCUT2D eigenvalue weighted by molar-refractivity contribution is 5.78. The molecule has 0 aromatic rings. The zero-order chi connectivity index (χ0) is 6.10. The van der Waals surface area contributed by atoms with Crippen LogP contribution in [0.15, 0.2) is 16.1 Å². The summed E-state index contributed by atoms with van der Waals surface area (Å²) in [6, 6.07) is 0.301. The van der Waals surface area contributed by atoms with Crippen LogP contribution in [0.3, 0.4) is 0 Å². The molecule has 9 heavy (non-hydrogen) atoms. The zero-order valence-corrected chi connectivity index (χ0v) is 4.99. The van der Waals surface area contributed by atoms with E-state index in [-0.39, 0.29) is 0 Å². The summed E-state index contributed by atoms with van der Waals surface area (Å²) in [7, 11) is 0. The molecular formula is C7H7N2. The molecule has 0 N–H and O–H groups in total. The summed E-state index contributed by atoms with van der Waals surface area (Å²) >= 11 is 0. The molecule has 0 bridgehead atoms. The summed E-state index contributed by atoms with van der Waals surface area (Å²) in [5.74, 6) is 0.440. The predicted octanol–water partition coefficient (Wildman–Crippen LogP) is 0.499. The van der Waals surface area contributed by atoms with Crippen LogP contribution in [0.4, 0.5) is 0 Å². The first-order valence-electron chi connectivity index (χ1n) is 3.08. The van der Waals surface area contributed by atoms with Gasteiger partial charge in [0.25, 0.3) is 0 Å². The maximum Gasteiger partial charge on any atom is 0.0932 e. The van der Waals surface area contributed by atoms with Gasteiger partial charge >= 0.3 is 0 Å². The van der Waals surface area contributed by atoms with Crippen LogP contribution in [0.25, 0.3) is 0 Å². The van der Waals surface area contributed by atoms with Gasteiger partial charge < -0.3 is 0 Å². The van der Waals surface area contributed by atoms with Gasteiger partial charge in [-0.2, -0.15) is 0 Å². The number of hydrogen-bond acceptors (Lipinski definition) is 2. The second kappa shape index (κ2) is 1.79. The van der Waals surface area contributed by atoms with Crippen molar-refractivity contribution < 1.29 is 0 Å². The summed E-state index contributed by atoms with van der Waals surface area (Å²) in [5.41, 5.74) is 0. The van der Waals surface area contributed by atoms with Crippen LogP contribution in [-0.2, 0) is 0 Å². The van der Waals surface area contributed by atoms with E-state index in [0.717, 1.165) is 6.54 Å². The Bertz CT molecular complexity index is 191. The summed E-state index contributed by atoms with van der Waals surface area (Å²) < 4.78 is 0. The Morgan fingerprint density at radius 2 is 2.56 bits per heavy atom. The van der Waals surface area contributed by atoms with Crippen LogP contribution < -0.4 is 0 Å². The minimum Gasteiger partial charge on any atom is -0.295 e. The Balaban J connectivity index is 2.25. The smallest absolute Gasteiger partial charge is 0.0932 e. The number of allylic oxidation sites excluding steroid dienone is 1. The average molecular weight is 119 g/mol. The lowest BCUT2D eigenvalue weighted by Crippen LogP contribution is -2.17. The number of dihydropyridines is 1. The SMILES string of the molecule is [C]1=CC=NC2C=NCC12. The van der Waals surface area contributed by atoms with Gasteiger partial charge in [0.1, 0.15) is 0 Å². The van der Waals surface area contributed by atoms with Gasteiger partial charge in [-0.05, 0) is 12.2 Å². The van der Waals surface area contributed by atoms with Gasteiger partial charge in [-0.25, -0.2) is 0 Å². The first-order valence-corrected chi connectivity index (χ1v) is 3.08. The van der Waals surface area contributed by atoms with Gasteiger partial charge in [0, 0.05) is 24.9 Å². The first kappa shape index (κ1) is 4.91. The molecule has 2 rings (SSSR count). The third-order valence-corrected chi connectivity index (χ3v) is 1.62. The number of aliphatic imine (C=N–C) groups is 2. The normalized spacial score (nSPS) is 37.3. The van der Waals surface area contributed by atoms with Crippen LogP contribution in [-0.4, -0.2) is 25.0 Å². The van der Waals surface area contributed by atoms with Crippen LogP contribution in [0.5, 0.6) is 0 Å². The minimum atomic E-state index is 0.301. The molecule has 45 valence electrons. The van der Waals surface area contributed by atoms with E-state index in [1.54, 1.807) is 6.21 Å². The van der Waals surface area contributed by atoms with Crippen LogP contribution in [0.1, 0.15) is 0 Å². The molecular weight excluding hydrogens is 112 g/mol. The van der Waals surface area contributed by atoms with Gasteiger partial charge in [0.05, 0.1) is 6.04 Å². The number of nitrogens with zero attached hydrogens (tertiary/aromatic N) is 2. The highest BCUT2D eigenvalue weighted by Gasteiger charge is 2.21. The van der Waals surface area contributed by atoms with E-state index in [1.807, 2.05) is 12.3 Å². The van der Waals surface area contributed by atoms with Crippen molar-refractivity contribution in [3.05, 3.63) is 12.2 Å². The van der Waals surface area contributed by atoms with E-state index in [2.05, 4.69) is 16.1 Å². The van der Waals surface area contributed by atoms with Crippen molar-refractivity contribution in [2.45, 2.75) is 6.04 Å². The summed E-state index contributed by atoms with van der Waals surface area (Å²) in [5, 5.41) is 0. The van der Waals surface area contributed by atoms with Crippen LogP contribution in [0, 0.1) is 12.0 Å². The van der Waals surface area contributed by atoms with E-state index in [1.165, 1.54) is 0 Å². The molecule has 0 saturated heterocycles. The Hall–Kier alpha value is -0.920. The fourth-order valence-electron chi connectivity index (χ4n) is 1.10. The molecule has 0 spiro atoms. The minimum absolute atomic E-state index is 0.301. The Morgan fingerprint density at radius 1 is 1.56 bits per heavy atom. The molecule has 2 aliphatic rings. The monoisotopic (exact) mass is 119 g/mol. The lowest BCUT2D eigenvalue weighted by atomic mass is 10.0. The number of rotatable bonds is 0. The Labute approximate surface area is 54.0 Å². The van der Waals surface area contributed by atoms with Gasteiger partial charge in [0.15, 0.2) is 0 Å². The Kier molecular flexibility index (Phi) is 0.979. The number of fused-ring (bicyclic) bond motifs is 1. The summed E-state index contributed by atoms with van der Waals surface area (Å²) in [4.78, 5) is 8.31. The van der Waals surface area contributed by atoms with Gasteiger partial charge in [-0.15, -0.1) is 0 Å². The fourth-order valence-corrected chi connectivity index (χ4v) is 1.10. The van der Waals surface area contributed by atoms with Crippen molar-refractivity contribution in [1.82, 2.24) is 0 Å². The number of hydrogen-bond donors (Lipinski definition) is 0. The molecule has 0 aromatic heterocycles. The van der Waals surface area contributed by atoms with Crippen molar-refractivity contribution in [2.75, 3.05) is 6.54 Å². The summed E-state index contributed by atoms with van der Waals surface area (Å²) in [6.45, 7) is 0.874. The molecule has 2 atom stereocenters. The second-order valence-electron chi connectivity index (χ2n) is 2.24. The van der Waals surface area contributed by atoms with E-state index in [0.29, 0.717) is 12.0 Å². The molecule has 0 aromatic carbocycles. The van der Waals surface area contributed by atoms with E-state index >= 15 is 0 Å². The third kappa shape index (κ3) is 0.707. The van der Waals surface area contributed by atoms with E-state index in [4.69, 9.17) is 0 Å². The van der Waals surface area contributed by atoms with Crippen molar-refractivity contribution in [1.29, 1.82) is 0 Å². The third-order valence-electron chi connectivity index (χ3n) is 1.62. The quantitative estimate of drug-likeness (QED) is 0.443. The summed E-state index contributed by atoms with van der Waals surface area (Å²) in [6.07, 6.45) is 8.75. The van der Waals surface area contributed by atoms with Crippen LogP contribution in [0.2, 0.25) is 0 Å². The highest BCUT2D eigenvalue weighted by Crippen LogP contribution is 2.15. The zero-order valence-electron chi connectivity index (χ0n) is 4.99. The predicted molar refractivity (Wildman–Crippen MR) is 36.9 cm³/mol. The maximum atomic E-state index is 4.20. The van der Waals surface area contributed by atoms with Crippen molar-refractivity contribution >= 4 is 12.4 Å². The molecule has 2 heteroatoms. The first-order chi connectivity index (χ1) is 4.47. The van der Waals surface area contributed by atoms with Crippen molar-refractivity contribution in [3.63, 3.8) is 0 Å². The van der Waals surface area contributed by atoms with Gasteiger partial charge in [-0.1, -0.05) is 0 Å². The fraction of sp³-hybridized carbons (Fsp3) is 0.429. The Morgan fingerprint density at radius 3 is 3.44 bits per heavy atom. The van der Waals surface area contributed by atoms with Crippen LogP contribution >= 0.6 is 0 Å². The lowest BCUT2D eigenvalue weighted by Gasteiger charge is -2.10. The largest absolute Gasteiger partial charge is 0.295 e. The topological polar surface area (TPSA) is 24.7 Å². The molecule has 0 amide bonds. The van der Waals surface area contributed by atoms with Crippen molar-refractivity contribution in [3.8, 4) is 0 Å². The molecule has 0 saturated carbocycles. The van der Waals surface area contributed by atoms with E-state index < -0.39 is 0 Å². The maximum absolute atomic E-state index is 4.20. The molecule has 2 aliphatic heterocycles. The van der Waals surface area contributed by atoms with E-state index in [9.17, 15) is 0 Å². The molecule has 2 unspecified atom stereocenters. The standard InChI is InChI=1S/C7H7N2/c1-2-6-4-8-5-7(6)9-3-1/h1,3,5-7H,4H2. The molecule has 2 nitrogen and oxygen atoms in total. The second-order valence-corrected chi connectivity index (χ2v) is 2.24. The molecule has 1 radical (unpaired) electrons. The lowest BCUT2D eigenvalue weighted by molar-refractivity contribution is 0.639. The molecule has 0 aliphatic carbocycles. The molecule has 0 fully saturated rings. The molecule has 2 heterocycles. The highest BCUT2D eigenvalue weighted by atomic mass is 14.9. The van der Waals surface area contributed by atoms with Crippen molar-refractivity contribution in [2.24, 2.45) is 15.9 Å². The van der Waals surface area contributed by atoms with Gasteiger partial charge in [0.2, 0.25) is 0 Å². The average Bonchev–Trinajstić information content (AvgIpc) is 2.33.